The fraction of sp³-hybridized carbons (Fsp3) is 0.812. The van der Waals surface area contributed by atoms with E-state index in [1.54, 1.807) is 0 Å². The molecule has 2 aliphatic carbocycles. The maximum absolute atomic E-state index is 13.1. The summed E-state index contributed by atoms with van der Waals surface area (Å²) in [5, 5.41) is 10.2. The summed E-state index contributed by atoms with van der Waals surface area (Å²) in [6, 6.07) is -0.200. The van der Waals surface area contributed by atoms with Crippen molar-refractivity contribution in [3.8, 4) is 11.8 Å². The van der Waals surface area contributed by atoms with Gasteiger partial charge in [0.25, 0.3) is 0 Å². The van der Waals surface area contributed by atoms with Crippen molar-refractivity contribution >= 4 is 11.8 Å². The molecule has 6 unspecified atom stereocenters. The lowest BCUT2D eigenvalue weighted by molar-refractivity contribution is -0.127. The fourth-order valence-electron chi connectivity index (χ4n) is 8.74. The van der Waals surface area contributed by atoms with Crippen LogP contribution in [-0.2, 0) is 14.3 Å². The number of hydrogen-bond donors (Lipinski definition) is 4. The molecule has 0 spiro atoms. The average molecular weight is 567 g/mol. The van der Waals surface area contributed by atoms with E-state index in [0.717, 1.165) is 58.0 Å². The number of nitrogens with one attached hydrogen (secondary N) is 3. The number of nitrogens with two attached hydrogens (primary N) is 1. The minimum absolute atomic E-state index is 0.00499. The Bertz CT molecular complexity index is 1000. The number of hydrogen-bond acceptors (Lipinski definition) is 7. The molecular weight excluding hydrogens is 516 g/mol. The van der Waals surface area contributed by atoms with Crippen molar-refractivity contribution in [1.82, 2.24) is 25.8 Å². The van der Waals surface area contributed by atoms with Gasteiger partial charge in [0.1, 0.15) is 0 Å². The molecule has 6 atom stereocenters. The molecule has 4 heterocycles. The molecule has 0 aromatic rings. The van der Waals surface area contributed by atoms with E-state index in [0.29, 0.717) is 31.3 Å². The van der Waals surface area contributed by atoms with Crippen molar-refractivity contribution in [3.63, 3.8) is 0 Å². The smallest absolute Gasteiger partial charge is 0.245 e. The summed E-state index contributed by atoms with van der Waals surface area (Å²) >= 11 is 0. The number of piperidine rings is 1. The lowest BCUT2D eigenvalue weighted by atomic mass is 9.70. The fourth-order valence-corrected chi connectivity index (χ4v) is 8.74. The third-order valence-corrected chi connectivity index (χ3v) is 10.9. The average Bonchev–Trinajstić information content (AvgIpc) is 3.57. The number of carbonyl (C=O) groups excluding carboxylic acids is 2. The molecule has 0 aromatic heterocycles. The van der Waals surface area contributed by atoms with Gasteiger partial charge in [0.2, 0.25) is 11.8 Å². The van der Waals surface area contributed by atoms with E-state index in [4.69, 9.17) is 10.5 Å². The number of nitrogens with zero attached hydrogens (tertiary/aromatic N) is 2. The second-order valence-corrected chi connectivity index (χ2v) is 13.2. The summed E-state index contributed by atoms with van der Waals surface area (Å²) in [4.78, 5) is 29.4. The van der Waals surface area contributed by atoms with Crippen molar-refractivity contribution in [2.75, 3.05) is 26.3 Å². The third kappa shape index (κ3) is 6.23. The summed E-state index contributed by atoms with van der Waals surface area (Å²) in [5.41, 5.74) is 6.82. The highest BCUT2D eigenvalue weighted by Gasteiger charge is 2.57. The van der Waals surface area contributed by atoms with Crippen molar-refractivity contribution in [1.29, 1.82) is 0 Å². The van der Waals surface area contributed by atoms with Gasteiger partial charge in [0, 0.05) is 38.1 Å². The van der Waals surface area contributed by atoms with Crippen LogP contribution in [0.3, 0.4) is 0 Å². The number of likely N-dealkylation sites (tertiary alicyclic amines) is 2. The van der Waals surface area contributed by atoms with Gasteiger partial charge in [-0.2, -0.15) is 0 Å². The van der Waals surface area contributed by atoms with E-state index in [9.17, 15) is 9.59 Å². The lowest BCUT2D eigenvalue weighted by Crippen LogP contribution is -2.65. The van der Waals surface area contributed by atoms with Gasteiger partial charge in [-0.15, -0.1) is 0 Å². The standard InChI is InChI=1S/C32H50N6O3/c1-2-27(39)37-18-15-21(16-19-37)8-13-25-28(22-9-11-24(12-10-22)41-23-6-4-3-5-7-23)29-30(33)35-20-36-31(29)38(25)26-14-17-34-32(26)40/h2,21-26,28-31,35-36H,1,3-7,9-12,14-20,33H2,(H,34,40). The molecule has 6 aliphatic rings. The molecule has 9 heteroatoms. The molecule has 6 fully saturated rings. The Morgan fingerprint density at radius 1 is 0.927 bits per heavy atom. The zero-order chi connectivity index (χ0) is 28.3. The van der Waals surface area contributed by atoms with Gasteiger partial charge in [0.15, 0.2) is 0 Å². The first-order chi connectivity index (χ1) is 20.0. The molecule has 2 saturated carbocycles. The minimum Gasteiger partial charge on any atom is -0.375 e. The van der Waals surface area contributed by atoms with Gasteiger partial charge in [-0.25, -0.2) is 0 Å². The Hall–Kier alpha value is -1.96. The van der Waals surface area contributed by atoms with Crippen LogP contribution in [0.15, 0.2) is 12.7 Å². The molecule has 226 valence electrons. The highest BCUT2D eigenvalue weighted by Crippen LogP contribution is 2.47. The van der Waals surface area contributed by atoms with Crippen molar-refractivity contribution < 1.29 is 14.3 Å². The molecular formula is C32H50N6O3. The highest BCUT2D eigenvalue weighted by atomic mass is 16.5. The van der Waals surface area contributed by atoms with Crippen molar-refractivity contribution in [2.24, 2.45) is 29.4 Å². The van der Waals surface area contributed by atoms with Gasteiger partial charge in [-0.3, -0.25) is 25.1 Å². The number of carbonyl (C=O) groups is 2. The first-order valence-corrected chi connectivity index (χ1v) is 16.4. The van der Waals surface area contributed by atoms with Crippen LogP contribution in [-0.4, -0.2) is 84.5 Å². The van der Waals surface area contributed by atoms with Crippen LogP contribution in [0, 0.1) is 35.5 Å². The van der Waals surface area contributed by atoms with Crippen LogP contribution < -0.4 is 21.7 Å². The lowest BCUT2D eigenvalue weighted by Gasteiger charge is -2.41. The van der Waals surface area contributed by atoms with E-state index in [1.165, 1.54) is 38.2 Å². The predicted octanol–water partition coefficient (Wildman–Crippen LogP) is 1.89. The highest BCUT2D eigenvalue weighted by molar-refractivity contribution is 5.87. The second-order valence-electron chi connectivity index (χ2n) is 13.2. The van der Waals surface area contributed by atoms with Crippen LogP contribution >= 0.6 is 0 Å². The van der Waals surface area contributed by atoms with E-state index in [-0.39, 0.29) is 54.0 Å². The SMILES string of the molecule is C=CC(=O)N1CCC(C#CC2C(C3CCC(OC4CCCCC4)CC3)C3C(N)NCNC3N2C2CCNC2=O)CC1. The molecule has 2 amide bonds. The Morgan fingerprint density at radius 2 is 1.66 bits per heavy atom. The molecule has 6 rings (SSSR count). The molecule has 0 aromatic carbocycles. The quantitative estimate of drug-likeness (QED) is 0.297. The minimum atomic E-state index is -0.178. The molecule has 4 saturated heterocycles. The van der Waals surface area contributed by atoms with E-state index in [1.807, 2.05) is 4.90 Å². The van der Waals surface area contributed by atoms with Crippen molar-refractivity contribution in [3.05, 3.63) is 12.7 Å². The van der Waals surface area contributed by atoms with Gasteiger partial charge in [-0.1, -0.05) is 37.7 Å². The maximum Gasteiger partial charge on any atom is 0.245 e. The van der Waals surface area contributed by atoms with Gasteiger partial charge >= 0.3 is 0 Å². The van der Waals surface area contributed by atoms with E-state index < -0.39 is 0 Å². The van der Waals surface area contributed by atoms with Crippen LogP contribution in [0.1, 0.15) is 77.0 Å². The molecule has 5 N–H and O–H groups in total. The Morgan fingerprint density at radius 3 is 2.34 bits per heavy atom. The van der Waals surface area contributed by atoms with Crippen LogP contribution in [0.25, 0.3) is 0 Å². The number of rotatable bonds is 5. The monoisotopic (exact) mass is 566 g/mol. The zero-order valence-corrected chi connectivity index (χ0v) is 24.6. The predicted molar refractivity (Wildman–Crippen MR) is 158 cm³/mol. The molecule has 4 aliphatic heterocycles. The van der Waals surface area contributed by atoms with E-state index in [2.05, 4.69) is 39.3 Å². The Kier molecular flexibility index (Phi) is 9.33. The van der Waals surface area contributed by atoms with Gasteiger partial charge in [0.05, 0.1) is 36.6 Å². The summed E-state index contributed by atoms with van der Waals surface area (Å²) in [6.45, 7) is 6.43. The summed E-state index contributed by atoms with van der Waals surface area (Å²) in [7, 11) is 0. The molecule has 41 heavy (non-hydrogen) atoms. The van der Waals surface area contributed by atoms with Crippen LogP contribution in [0.2, 0.25) is 0 Å². The maximum atomic E-state index is 13.1. The summed E-state index contributed by atoms with van der Waals surface area (Å²) < 4.78 is 6.60. The first kappa shape index (κ1) is 29.1. The molecule has 9 nitrogen and oxygen atoms in total. The second kappa shape index (κ2) is 13.1. The van der Waals surface area contributed by atoms with Gasteiger partial charge < -0.3 is 20.7 Å². The van der Waals surface area contributed by atoms with Crippen LogP contribution in [0.5, 0.6) is 0 Å². The van der Waals surface area contributed by atoms with E-state index >= 15 is 0 Å². The zero-order valence-electron chi connectivity index (χ0n) is 24.6. The topological polar surface area (TPSA) is 112 Å². The molecule has 0 radical (unpaired) electrons. The van der Waals surface area contributed by atoms with Gasteiger partial charge in [-0.05, 0) is 75.7 Å². The Labute approximate surface area is 245 Å². The number of amides is 2. The largest absolute Gasteiger partial charge is 0.375 e. The summed E-state index contributed by atoms with van der Waals surface area (Å²) in [6.07, 6.45) is 15.5. The Balaban J connectivity index is 1.22. The normalized spacial score (nSPS) is 39.0. The number of fused-ring (bicyclic) bond motifs is 1. The first-order valence-electron chi connectivity index (χ1n) is 16.4. The number of ether oxygens (including phenoxy) is 1. The van der Waals surface area contributed by atoms with Crippen LogP contribution in [0.4, 0.5) is 0 Å². The summed E-state index contributed by atoms with van der Waals surface area (Å²) in [5.74, 6) is 8.79. The van der Waals surface area contributed by atoms with Crippen molar-refractivity contribution in [2.45, 2.75) is 114 Å². The third-order valence-electron chi connectivity index (χ3n) is 10.9. The molecule has 0 bridgehead atoms.